The van der Waals surface area contributed by atoms with E-state index < -0.39 is 28.7 Å². The Labute approximate surface area is 238 Å². The number of nitrogens with one attached hydrogen (secondary N) is 2. The minimum atomic E-state index is -0.787. The molecule has 8 heteroatoms. The summed E-state index contributed by atoms with van der Waals surface area (Å²) >= 11 is 1.65. The Morgan fingerprint density at radius 2 is 1.77 bits per heavy atom. The molecule has 6 rings (SSSR count). The summed E-state index contributed by atoms with van der Waals surface area (Å²) in [6.45, 7) is 4.17. The van der Waals surface area contributed by atoms with E-state index in [2.05, 4.69) is 17.6 Å². The van der Waals surface area contributed by atoms with Gasteiger partial charge in [-0.1, -0.05) is 74.5 Å². The Hall–Kier alpha value is -3.36. The largest absolute Gasteiger partial charge is 0.394 e. The van der Waals surface area contributed by atoms with Crippen LogP contribution in [0.15, 0.2) is 72.8 Å². The topological polar surface area (TPSA) is 98.7 Å². The number of carbonyl (C=O) groups excluding carboxylic acids is 3. The van der Waals surface area contributed by atoms with Crippen LogP contribution in [-0.2, 0) is 20.9 Å². The zero-order valence-corrected chi connectivity index (χ0v) is 23.6. The molecule has 0 aliphatic carbocycles. The maximum Gasteiger partial charge on any atom is 0.248 e. The van der Waals surface area contributed by atoms with Crippen molar-refractivity contribution < 1.29 is 19.5 Å². The van der Waals surface area contributed by atoms with Gasteiger partial charge in [0.25, 0.3) is 0 Å². The van der Waals surface area contributed by atoms with Gasteiger partial charge in [0.1, 0.15) is 6.04 Å². The fourth-order valence-corrected chi connectivity index (χ4v) is 9.66. The Kier molecular flexibility index (Phi) is 7.09. The molecule has 208 valence electrons. The Morgan fingerprint density at radius 1 is 1.05 bits per heavy atom. The summed E-state index contributed by atoms with van der Waals surface area (Å²) in [6.07, 6.45) is 1.28. The molecule has 3 heterocycles. The number of thioether (sulfide) groups is 1. The van der Waals surface area contributed by atoms with Crippen molar-refractivity contribution >= 4 is 45.9 Å². The molecule has 7 nitrogen and oxygen atoms in total. The van der Waals surface area contributed by atoms with E-state index in [4.69, 9.17) is 0 Å². The molecule has 3 amide bonds. The summed E-state index contributed by atoms with van der Waals surface area (Å²) in [5.74, 6) is -1.67. The number of fused-ring (bicyclic) bond motifs is 2. The first-order chi connectivity index (χ1) is 19.4. The lowest BCUT2D eigenvalue weighted by Gasteiger charge is -2.40. The number of aliphatic hydroxyl groups is 1. The number of nitrogens with zero attached hydrogens (tertiary/aromatic N) is 1. The summed E-state index contributed by atoms with van der Waals surface area (Å²) in [7, 11) is 0. The number of carbonyl (C=O) groups is 3. The first-order valence-electron chi connectivity index (χ1n) is 14.1. The van der Waals surface area contributed by atoms with Crippen LogP contribution in [0.5, 0.6) is 0 Å². The lowest BCUT2D eigenvalue weighted by molar-refractivity contribution is -0.142. The summed E-state index contributed by atoms with van der Waals surface area (Å²) in [6, 6.07) is 22.2. The minimum Gasteiger partial charge on any atom is -0.394 e. The molecule has 0 radical (unpaired) electrons. The zero-order valence-electron chi connectivity index (χ0n) is 22.7. The molecule has 3 aliphatic rings. The molecule has 3 aromatic rings. The van der Waals surface area contributed by atoms with Gasteiger partial charge in [-0.2, -0.15) is 0 Å². The van der Waals surface area contributed by atoms with E-state index in [1.807, 2.05) is 79.7 Å². The van der Waals surface area contributed by atoms with Crippen LogP contribution in [0, 0.1) is 17.8 Å². The predicted molar refractivity (Wildman–Crippen MR) is 158 cm³/mol. The van der Waals surface area contributed by atoms with Gasteiger partial charge in [0, 0.05) is 17.5 Å². The first kappa shape index (κ1) is 26.8. The second-order valence-electron chi connectivity index (χ2n) is 11.3. The molecular weight excluding hydrogens is 522 g/mol. The van der Waals surface area contributed by atoms with Crippen LogP contribution >= 0.6 is 11.8 Å². The Bertz CT molecular complexity index is 1440. The smallest absolute Gasteiger partial charge is 0.248 e. The third-order valence-electron chi connectivity index (χ3n) is 9.14. The standard InChI is InChI=1S/C32H35N3O4S/c1-3-24(18-36)35-28(30(38)34-23-14-13-21-11-7-8-12-22(21)16-23)32-19(2)15-25(40-32)26(27(32)31(35)39)29(37)33-17-20-9-5-4-6-10-20/h4-14,16,19,24-28,36H,3,15,17-18H2,1-2H3,(H,33,37)(H,34,38)/t19?,24-,25+,26-,27-,28?,32?/m0/s1. The number of hydrogen-bond acceptors (Lipinski definition) is 5. The molecule has 7 atom stereocenters. The molecular formula is C32H35N3O4S. The van der Waals surface area contributed by atoms with Gasteiger partial charge in [0.05, 0.1) is 29.2 Å². The molecule has 0 saturated carbocycles. The molecule has 40 heavy (non-hydrogen) atoms. The van der Waals surface area contributed by atoms with Gasteiger partial charge in [0.2, 0.25) is 17.7 Å². The monoisotopic (exact) mass is 557 g/mol. The maximum absolute atomic E-state index is 14.2. The van der Waals surface area contributed by atoms with Gasteiger partial charge in [-0.3, -0.25) is 14.4 Å². The quantitative estimate of drug-likeness (QED) is 0.386. The molecule has 0 aromatic heterocycles. The van der Waals surface area contributed by atoms with E-state index >= 15 is 0 Å². The molecule has 3 fully saturated rings. The van der Waals surface area contributed by atoms with Crippen LogP contribution in [0.4, 0.5) is 5.69 Å². The van der Waals surface area contributed by atoms with Crippen LogP contribution in [0.1, 0.15) is 32.3 Å². The van der Waals surface area contributed by atoms with E-state index in [-0.39, 0.29) is 35.5 Å². The van der Waals surface area contributed by atoms with Gasteiger partial charge in [-0.05, 0) is 47.2 Å². The second kappa shape index (κ2) is 10.6. The SMILES string of the molecule is CC[C@@H](CO)N1C(=O)[C@@H]2[C@@H](C(=O)NCc3ccccc3)[C@H]3CC(C)C2(S3)C1C(=O)Nc1ccc2ccccc2c1. The van der Waals surface area contributed by atoms with Crippen molar-refractivity contribution in [1.82, 2.24) is 10.2 Å². The highest BCUT2D eigenvalue weighted by atomic mass is 32.2. The van der Waals surface area contributed by atoms with Crippen LogP contribution in [-0.4, -0.2) is 56.4 Å². The van der Waals surface area contributed by atoms with Crippen molar-refractivity contribution in [3.8, 4) is 0 Å². The van der Waals surface area contributed by atoms with Gasteiger partial charge in [-0.15, -0.1) is 11.8 Å². The molecule has 2 bridgehead atoms. The van der Waals surface area contributed by atoms with Crippen LogP contribution in [0.2, 0.25) is 0 Å². The second-order valence-corrected chi connectivity index (χ2v) is 12.8. The normalized spacial score (nSPS) is 29.4. The summed E-state index contributed by atoms with van der Waals surface area (Å²) < 4.78 is -0.736. The van der Waals surface area contributed by atoms with E-state index in [9.17, 15) is 19.5 Å². The fourth-order valence-electron chi connectivity index (χ4n) is 7.25. The number of rotatable bonds is 8. The van der Waals surface area contributed by atoms with Crippen LogP contribution < -0.4 is 10.6 Å². The van der Waals surface area contributed by atoms with Crippen LogP contribution in [0.3, 0.4) is 0 Å². The molecule has 3 aromatic carbocycles. The molecule has 3 N–H and O–H groups in total. The number of amides is 3. The molecule has 3 aliphatic heterocycles. The van der Waals surface area contributed by atoms with Gasteiger partial charge in [-0.25, -0.2) is 0 Å². The fraction of sp³-hybridized carbons (Fsp3) is 0.406. The maximum atomic E-state index is 14.2. The molecule has 3 saturated heterocycles. The van der Waals surface area contributed by atoms with Crippen molar-refractivity contribution in [1.29, 1.82) is 0 Å². The first-order valence-corrected chi connectivity index (χ1v) is 15.0. The lowest BCUT2D eigenvalue weighted by atomic mass is 9.66. The van der Waals surface area contributed by atoms with Crippen LogP contribution in [0.25, 0.3) is 10.8 Å². The summed E-state index contributed by atoms with van der Waals surface area (Å²) in [5, 5.41) is 18.5. The lowest BCUT2D eigenvalue weighted by Crippen LogP contribution is -2.57. The van der Waals surface area contributed by atoms with Gasteiger partial charge < -0.3 is 20.6 Å². The molecule has 1 spiro atoms. The van der Waals surface area contributed by atoms with Gasteiger partial charge in [0.15, 0.2) is 0 Å². The van der Waals surface area contributed by atoms with E-state index in [0.717, 1.165) is 22.8 Å². The van der Waals surface area contributed by atoms with E-state index in [1.165, 1.54) is 0 Å². The highest BCUT2D eigenvalue weighted by Crippen LogP contribution is 2.68. The van der Waals surface area contributed by atoms with Gasteiger partial charge >= 0.3 is 0 Å². The number of aliphatic hydroxyl groups excluding tert-OH is 1. The van der Waals surface area contributed by atoms with Crippen molar-refractivity contribution in [2.45, 2.75) is 55.3 Å². The molecule has 3 unspecified atom stereocenters. The van der Waals surface area contributed by atoms with Crippen molar-refractivity contribution in [3.63, 3.8) is 0 Å². The number of anilines is 1. The van der Waals surface area contributed by atoms with Crippen molar-refractivity contribution in [3.05, 3.63) is 78.4 Å². The Morgan fingerprint density at radius 3 is 2.50 bits per heavy atom. The third kappa shape index (κ3) is 4.20. The number of hydrogen-bond donors (Lipinski definition) is 3. The third-order valence-corrected chi connectivity index (χ3v) is 11.2. The Balaban J connectivity index is 1.33. The number of benzene rings is 3. The highest BCUT2D eigenvalue weighted by Gasteiger charge is 2.76. The predicted octanol–water partition coefficient (Wildman–Crippen LogP) is 4.20. The zero-order chi connectivity index (χ0) is 28.0. The van der Waals surface area contributed by atoms with E-state index in [1.54, 1.807) is 16.7 Å². The van der Waals surface area contributed by atoms with Crippen molar-refractivity contribution in [2.75, 3.05) is 11.9 Å². The summed E-state index contributed by atoms with van der Waals surface area (Å²) in [5.41, 5.74) is 1.66. The van der Waals surface area contributed by atoms with E-state index in [0.29, 0.717) is 18.7 Å². The number of likely N-dealkylation sites (tertiary alicyclic amines) is 1. The average molecular weight is 558 g/mol. The minimum absolute atomic E-state index is 0.0351. The summed E-state index contributed by atoms with van der Waals surface area (Å²) in [4.78, 5) is 43.7. The van der Waals surface area contributed by atoms with Crippen molar-refractivity contribution in [2.24, 2.45) is 17.8 Å². The highest BCUT2D eigenvalue weighted by molar-refractivity contribution is 8.02. The average Bonchev–Trinajstić information content (AvgIpc) is 3.57.